The predicted octanol–water partition coefficient (Wildman–Crippen LogP) is 4.54. The number of aryl methyl sites for hydroxylation is 1. The SMILES string of the molecule is Cc1ccc(-c2nnc(Cl)c3cc(F)c(F)cc23)cc1. The van der Waals surface area contributed by atoms with Crippen molar-refractivity contribution in [1.82, 2.24) is 10.2 Å². The molecule has 0 amide bonds. The van der Waals surface area contributed by atoms with Crippen LogP contribution in [0.4, 0.5) is 8.78 Å². The number of benzene rings is 2. The first kappa shape index (κ1) is 12.9. The summed E-state index contributed by atoms with van der Waals surface area (Å²) in [5.74, 6) is -1.89. The molecule has 1 aromatic heterocycles. The molecule has 0 aliphatic heterocycles. The van der Waals surface area contributed by atoms with E-state index in [0.29, 0.717) is 16.5 Å². The highest BCUT2D eigenvalue weighted by molar-refractivity contribution is 6.34. The summed E-state index contributed by atoms with van der Waals surface area (Å²) in [4.78, 5) is 0. The quantitative estimate of drug-likeness (QED) is 0.658. The highest BCUT2D eigenvalue weighted by Crippen LogP contribution is 2.31. The Morgan fingerprint density at radius 3 is 2.15 bits per heavy atom. The zero-order valence-corrected chi connectivity index (χ0v) is 11.2. The van der Waals surface area contributed by atoms with Crippen molar-refractivity contribution in [3.05, 3.63) is 58.7 Å². The zero-order valence-electron chi connectivity index (χ0n) is 10.5. The number of aromatic nitrogens is 2. The van der Waals surface area contributed by atoms with Gasteiger partial charge in [-0.1, -0.05) is 41.4 Å². The van der Waals surface area contributed by atoms with E-state index < -0.39 is 11.6 Å². The van der Waals surface area contributed by atoms with Gasteiger partial charge in [-0.15, -0.1) is 10.2 Å². The van der Waals surface area contributed by atoms with Crippen molar-refractivity contribution < 1.29 is 8.78 Å². The van der Waals surface area contributed by atoms with Crippen molar-refractivity contribution in [2.45, 2.75) is 6.92 Å². The second-order valence-corrected chi connectivity index (χ2v) is 4.88. The third-order valence-corrected chi connectivity index (χ3v) is 3.38. The average Bonchev–Trinajstić information content (AvgIpc) is 2.43. The number of fused-ring (bicyclic) bond motifs is 1. The lowest BCUT2D eigenvalue weighted by molar-refractivity contribution is 0.511. The maximum atomic E-state index is 13.5. The molecule has 0 spiro atoms. The van der Waals surface area contributed by atoms with Gasteiger partial charge in [0.1, 0.15) is 5.69 Å². The summed E-state index contributed by atoms with van der Waals surface area (Å²) in [6.07, 6.45) is 0. The Balaban J connectivity index is 2.34. The molecule has 0 bridgehead atoms. The van der Waals surface area contributed by atoms with E-state index in [2.05, 4.69) is 10.2 Å². The molecule has 100 valence electrons. The molecule has 0 unspecified atom stereocenters. The lowest BCUT2D eigenvalue weighted by Gasteiger charge is -2.07. The maximum Gasteiger partial charge on any atom is 0.159 e. The summed E-state index contributed by atoms with van der Waals surface area (Å²) in [5, 5.41) is 8.64. The molecule has 0 aliphatic carbocycles. The molecule has 0 fully saturated rings. The third kappa shape index (κ3) is 2.12. The van der Waals surface area contributed by atoms with Crippen molar-refractivity contribution in [3.63, 3.8) is 0 Å². The Morgan fingerprint density at radius 2 is 1.50 bits per heavy atom. The van der Waals surface area contributed by atoms with Gasteiger partial charge in [0.25, 0.3) is 0 Å². The summed E-state index contributed by atoms with van der Waals surface area (Å²) >= 11 is 5.90. The molecular formula is C15H9ClF2N2. The van der Waals surface area contributed by atoms with Gasteiger partial charge in [-0.3, -0.25) is 0 Å². The highest BCUT2D eigenvalue weighted by atomic mass is 35.5. The van der Waals surface area contributed by atoms with E-state index in [1.54, 1.807) is 0 Å². The molecule has 2 nitrogen and oxygen atoms in total. The number of rotatable bonds is 1. The Morgan fingerprint density at radius 1 is 0.900 bits per heavy atom. The van der Waals surface area contributed by atoms with Crippen LogP contribution in [0.25, 0.3) is 22.0 Å². The topological polar surface area (TPSA) is 25.8 Å². The Labute approximate surface area is 119 Å². The average molecular weight is 291 g/mol. The van der Waals surface area contributed by atoms with E-state index in [4.69, 9.17) is 11.6 Å². The smallest absolute Gasteiger partial charge is 0.159 e. The first-order chi connectivity index (χ1) is 9.56. The van der Waals surface area contributed by atoms with Crippen LogP contribution >= 0.6 is 11.6 Å². The lowest BCUT2D eigenvalue weighted by atomic mass is 10.0. The van der Waals surface area contributed by atoms with Gasteiger partial charge in [-0.25, -0.2) is 8.78 Å². The van der Waals surface area contributed by atoms with Crippen LogP contribution in [0.5, 0.6) is 0 Å². The highest BCUT2D eigenvalue weighted by Gasteiger charge is 2.13. The molecule has 0 aliphatic rings. The first-order valence-electron chi connectivity index (χ1n) is 5.94. The number of hydrogen-bond donors (Lipinski definition) is 0. The van der Waals surface area contributed by atoms with Crippen molar-refractivity contribution in [2.75, 3.05) is 0 Å². The van der Waals surface area contributed by atoms with Crippen molar-refractivity contribution in [2.24, 2.45) is 0 Å². The minimum Gasteiger partial charge on any atom is -0.204 e. The molecule has 20 heavy (non-hydrogen) atoms. The Kier molecular flexibility index (Phi) is 3.10. The first-order valence-corrected chi connectivity index (χ1v) is 6.32. The normalized spacial score (nSPS) is 11.0. The fraction of sp³-hybridized carbons (Fsp3) is 0.0667. The van der Waals surface area contributed by atoms with Crippen LogP contribution in [-0.2, 0) is 0 Å². The van der Waals surface area contributed by atoms with Crippen molar-refractivity contribution >= 4 is 22.4 Å². The van der Waals surface area contributed by atoms with Gasteiger partial charge in [0.05, 0.1) is 0 Å². The molecule has 0 radical (unpaired) electrons. The van der Waals surface area contributed by atoms with Gasteiger partial charge < -0.3 is 0 Å². The van der Waals surface area contributed by atoms with E-state index >= 15 is 0 Å². The largest absolute Gasteiger partial charge is 0.204 e. The van der Waals surface area contributed by atoms with Gasteiger partial charge in [-0.2, -0.15) is 0 Å². The molecule has 0 saturated carbocycles. The van der Waals surface area contributed by atoms with Crippen molar-refractivity contribution in [3.8, 4) is 11.3 Å². The summed E-state index contributed by atoms with van der Waals surface area (Å²) < 4.78 is 26.8. The molecular weight excluding hydrogens is 282 g/mol. The molecule has 0 N–H and O–H groups in total. The van der Waals surface area contributed by atoms with Crippen LogP contribution < -0.4 is 0 Å². The van der Waals surface area contributed by atoms with Crippen LogP contribution in [0.1, 0.15) is 5.56 Å². The molecule has 0 atom stereocenters. The zero-order chi connectivity index (χ0) is 14.3. The van der Waals surface area contributed by atoms with Crippen LogP contribution in [0.2, 0.25) is 5.15 Å². The predicted molar refractivity (Wildman–Crippen MR) is 74.6 cm³/mol. The molecule has 1 heterocycles. The second kappa shape index (κ2) is 4.80. The van der Waals surface area contributed by atoms with Crippen LogP contribution in [0.3, 0.4) is 0 Å². The van der Waals surface area contributed by atoms with E-state index in [-0.39, 0.29) is 5.15 Å². The van der Waals surface area contributed by atoms with Crippen LogP contribution in [0, 0.1) is 18.6 Å². The molecule has 5 heteroatoms. The number of halogens is 3. The monoisotopic (exact) mass is 290 g/mol. The number of hydrogen-bond acceptors (Lipinski definition) is 2. The molecule has 3 rings (SSSR count). The van der Waals surface area contributed by atoms with Gasteiger partial charge >= 0.3 is 0 Å². The lowest BCUT2D eigenvalue weighted by Crippen LogP contribution is -1.94. The molecule has 3 aromatic rings. The minimum absolute atomic E-state index is 0.0507. The summed E-state index contributed by atoms with van der Waals surface area (Å²) in [7, 11) is 0. The van der Waals surface area contributed by atoms with Crippen LogP contribution in [0.15, 0.2) is 36.4 Å². The van der Waals surface area contributed by atoms with E-state index in [0.717, 1.165) is 23.3 Å². The van der Waals surface area contributed by atoms with E-state index in [1.807, 2.05) is 31.2 Å². The second-order valence-electron chi connectivity index (χ2n) is 4.52. The summed E-state index contributed by atoms with van der Waals surface area (Å²) in [6, 6.07) is 9.68. The Hall–Kier alpha value is -2.07. The van der Waals surface area contributed by atoms with Gasteiger partial charge in [0.2, 0.25) is 0 Å². The van der Waals surface area contributed by atoms with E-state index in [1.165, 1.54) is 0 Å². The maximum absolute atomic E-state index is 13.5. The van der Waals surface area contributed by atoms with Crippen molar-refractivity contribution in [1.29, 1.82) is 0 Å². The van der Waals surface area contributed by atoms with E-state index in [9.17, 15) is 8.78 Å². The fourth-order valence-electron chi connectivity index (χ4n) is 2.04. The van der Waals surface area contributed by atoms with Gasteiger partial charge in [0.15, 0.2) is 16.8 Å². The molecule has 2 aromatic carbocycles. The minimum atomic E-state index is -0.956. The Bertz CT molecular complexity index is 801. The fourth-order valence-corrected chi connectivity index (χ4v) is 2.23. The van der Waals surface area contributed by atoms with Gasteiger partial charge in [0, 0.05) is 16.3 Å². The van der Waals surface area contributed by atoms with Gasteiger partial charge in [-0.05, 0) is 19.1 Å². The summed E-state index contributed by atoms with van der Waals surface area (Å²) in [5.41, 5.74) is 2.34. The molecule has 0 saturated heterocycles. The standard InChI is InChI=1S/C15H9ClF2N2/c1-8-2-4-9(5-3-8)14-10-6-12(17)13(18)7-11(10)15(16)20-19-14/h2-7H,1H3. The third-order valence-electron chi connectivity index (χ3n) is 3.10. The summed E-state index contributed by atoms with van der Waals surface area (Å²) in [6.45, 7) is 1.96. The number of nitrogens with zero attached hydrogens (tertiary/aromatic N) is 2. The van der Waals surface area contributed by atoms with Crippen LogP contribution in [-0.4, -0.2) is 10.2 Å².